The lowest BCUT2D eigenvalue weighted by atomic mass is 9.93. The number of rotatable bonds is 8. The fraction of sp³-hybridized carbons (Fsp3) is 0.500. The molecule has 0 aromatic heterocycles. The van der Waals surface area contributed by atoms with Gasteiger partial charge in [0.1, 0.15) is 11.3 Å². The van der Waals surface area contributed by atoms with Crippen LogP contribution in [-0.2, 0) is 9.59 Å². The normalized spacial score (nSPS) is 11.0. The highest BCUT2D eigenvalue weighted by Gasteiger charge is 2.36. The first-order valence-corrected chi connectivity index (χ1v) is 7.17. The SMILES string of the molecule is CCC(CC)(NC(=O)CCOc1cccc(C)c1)C(=O)O. The number of amides is 1. The topological polar surface area (TPSA) is 75.6 Å². The number of aryl methyl sites for hydroxylation is 1. The van der Waals surface area contributed by atoms with Gasteiger partial charge in [-0.15, -0.1) is 0 Å². The zero-order chi connectivity index (χ0) is 15.9. The summed E-state index contributed by atoms with van der Waals surface area (Å²) in [5, 5.41) is 11.9. The van der Waals surface area contributed by atoms with Gasteiger partial charge in [0.2, 0.25) is 5.91 Å². The first-order valence-electron chi connectivity index (χ1n) is 7.17. The van der Waals surface area contributed by atoms with Gasteiger partial charge in [0.25, 0.3) is 0 Å². The molecule has 1 rings (SSSR count). The third kappa shape index (κ3) is 4.77. The first kappa shape index (κ1) is 17.0. The lowest BCUT2D eigenvalue weighted by Crippen LogP contribution is -2.53. The van der Waals surface area contributed by atoms with Crippen LogP contribution in [0.15, 0.2) is 24.3 Å². The molecule has 0 heterocycles. The van der Waals surface area contributed by atoms with Crippen molar-refractivity contribution in [3.63, 3.8) is 0 Å². The predicted molar refractivity (Wildman–Crippen MR) is 80.4 cm³/mol. The second kappa shape index (κ2) is 7.67. The molecule has 0 aliphatic carbocycles. The van der Waals surface area contributed by atoms with Crippen LogP contribution < -0.4 is 10.1 Å². The Kier molecular flexibility index (Phi) is 6.21. The van der Waals surface area contributed by atoms with Crippen LogP contribution in [-0.4, -0.2) is 29.1 Å². The second-order valence-corrected chi connectivity index (χ2v) is 5.06. The van der Waals surface area contributed by atoms with Crippen molar-refractivity contribution in [2.75, 3.05) is 6.61 Å². The van der Waals surface area contributed by atoms with Crippen molar-refractivity contribution < 1.29 is 19.4 Å². The van der Waals surface area contributed by atoms with Gasteiger partial charge in [-0.3, -0.25) is 4.79 Å². The van der Waals surface area contributed by atoms with Crippen LogP contribution in [0.4, 0.5) is 0 Å². The Bertz CT molecular complexity index is 495. The molecule has 0 saturated carbocycles. The average Bonchev–Trinajstić information content (AvgIpc) is 2.44. The number of benzene rings is 1. The minimum Gasteiger partial charge on any atom is -0.493 e. The molecule has 0 unspecified atom stereocenters. The molecule has 0 bridgehead atoms. The van der Waals surface area contributed by atoms with Crippen molar-refractivity contribution in [2.45, 2.75) is 45.6 Å². The van der Waals surface area contributed by atoms with E-state index in [9.17, 15) is 14.7 Å². The summed E-state index contributed by atoms with van der Waals surface area (Å²) < 4.78 is 5.49. The summed E-state index contributed by atoms with van der Waals surface area (Å²) in [4.78, 5) is 23.2. The van der Waals surface area contributed by atoms with Gasteiger partial charge in [0.15, 0.2) is 0 Å². The number of aliphatic carboxylic acids is 1. The first-order chi connectivity index (χ1) is 9.93. The van der Waals surface area contributed by atoms with Gasteiger partial charge in [-0.2, -0.15) is 0 Å². The van der Waals surface area contributed by atoms with Crippen LogP contribution in [0.1, 0.15) is 38.7 Å². The number of carbonyl (C=O) groups excluding carboxylic acids is 1. The highest BCUT2D eigenvalue weighted by molar-refractivity contribution is 5.86. The van der Waals surface area contributed by atoms with Crippen LogP contribution in [0.2, 0.25) is 0 Å². The number of carboxylic acids is 1. The smallest absolute Gasteiger partial charge is 0.329 e. The second-order valence-electron chi connectivity index (χ2n) is 5.06. The average molecular weight is 293 g/mol. The molecule has 0 aliphatic heterocycles. The van der Waals surface area contributed by atoms with Gasteiger partial charge in [0.05, 0.1) is 13.0 Å². The van der Waals surface area contributed by atoms with Gasteiger partial charge in [-0.25, -0.2) is 4.79 Å². The maximum Gasteiger partial charge on any atom is 0.329 e. The lowest BCUT2D eigenvalue weighted by Gasteiger charge is -2.28. The Hall–Kier alpha value is -2.04. The molecule has 0 atom stereocenters. The number of carbonyl (C=O) groups is 2. The third-order valence-corrected chi connectivity index (χ3v) is 3.58. The van der Waals surface area contributed by atoms with Crippen molar-refractivity contribution in [3.05, 3.63) is 29.8 Å². The summed E-state index contributed by atoms with van der Waals surface area (Å²) in [6, 6.07) is 7.56. The molecule has 5 nitrogen and oxygen atoms in total. The predicted octanol–water partition coefficient (Wildman–Crippen LogP) is 2.52. The summed E-state index contributed by atoms with van der Waals surface area (Å²) in [6.07, 6.45) is 0.829. The third-order valence-electron chi connectivity index (χ3n) is 3.58. The molecule has 0 radical (unpaired) electrons. The Morgan fingerprint density at radius 1 is 1.29 bits per heavy atom. The van der Waals surface area contributed by atoms with Crippen LogP contribution in [0, 0.1) is 6.92 Å². The van der Waals surface area contributed by atoms with Gasteiger partial charge in [0, 0.05) is 0 Å². The number of carboxylic acid groups (broad SMARTS) is 1. The van der Waals surface area contributed by atoms with Gasteiger partial charge >= 0.3 is 5.97 Å². The molecule has 21 heavy (non-hydrogen) atoms. The van der Waals surface area contributed by atoms with E-state index in [1.165, 1.54) is 0 Å². The summed E-state index contributed by atoms with van der Waals surface area (Å²) in [7, 11) is 0. The van der Waals surface area contributed by atoms with Crippen LogP contribution in [0.3, 0.4) is 0 Å². The molecule has 0 fully saturated rings. The van der Waals surface area contributed by atoms with Crippen molar-refractivity contribution in [1.82, 2.24) is 5.32 Å². The number of hydrogen-bond donors (Lipinski definition) is 2. The van der Waals surface area contributed by atoms with E-state index in [1.807, 2.05) is 31.2 Å². The van der Waals surface area contributed by atoms with Crippen LogP contribution in [0.25, 0.3) is 0 Å². The molecule has 116 valence electrons. The molecule has 0 aliphatic rings. The quantitative estimate of drug-likeness (QED) is 0.772. The van der Waals surface area contributed by atoms with E-state index in [-0.39, 0.29) is 18.9 Å². The maximum atomic E-state index is 11.9. The highest BCUT2D eigenvalue weighted by atomic mass is 16.5. The Morgan fingerprint density at radius 2 is 1.95 bits per heavy atom. The van der Waals surface area contributed by atoms with E-state index in [0.717, 1.165) is 5.56 Å². The van der Waals surface area contributed by atoms with Crippen molar-refractivity contribution in [2.24, 2.45) is 0 Å². The monoisotopic (exact) mass is 293 g/mol. The standard InChI is InChI=1S/C16H23NO4/c1-4-16(5-2,15(19)20)17-14(18)9-10-21-13-8-6-7-12(3)11-13/h6-8,11H,4-5,9-10H2,1-3H3,(H,17,18)(H,19,20). The number of hydrogen-bond acceptors (Lipinski definition) is 3. The zero-order valence-electron chi connectivity index (χ0n) is 12.8. The Labute approximate surface area is 125 Å². The summed E-state index contributed by atoms with van der Waals surface area (Å²) in [5.74, 6) is -0.604. The molecule has 1 aromatic carbocycles. The Morgan fingerprint density at radius 3 is 2.48 bits per heavy atom. The minimum atomic E-state index is -1.18. The van der Waals surface area contributed by atoms with Crippen molar-refractivity contribution in [3.8, 4) is 5.75 Å². The largest absolute Gasteiger partial charge is 0.493 e. The molecule has 1 amide bonds. The highest BCUT2D eigenvalue weighted by Crippen LogP contribution is 2.16. The van der Waals surface area contributed by atoms with E-state index in [2.05, 4.69) is 5.32 Å². The van der Waals surface area contributed by atoms with E-state index in [4.69, 9.17) is 4.74 Å². The summed E-state index contributed by atoms with van der Waals surface area (Å²) in [5.41, 5.74) is -0.0979. The molecule has 1 aromatic rings. The van der Waals surface area contributed by atoms with Crippen LogP contribution >= 0.6 is 0 Å². The van der Waals surface area contributed by atoms with E-state index in [0.29, 0.717) is 18.6 Å². The minimum absolute atomic E-state index is 0.128. The number of ether oxygens (including phenoxy) is 1. The van der Waals surface area contributed by atoms with Crippen molar-refractivity contribution in [1.29, 1.82) is 0 Å². The zero-order valence-corrected chi connectivity index (χ0v) is 12.8. The van der Waals surface area contributed by atoms with Crippen molar-refractivity contribution >= 4 is 11.9 Å². The molecule has 0 spiro atoms. The van der Waals surface area contributed by atoms with Gasteiger partial charge in [-0.1, -0.05) is 26.0 Å². The molecular weight excluding hydrogens is 270 g/mol. The van der Waals surface area contributed by atoms with Gasteiger partial charge in [-0.05, 0) is 37.5 Å². The van der Waals surface area contributed by atoms with E-state index in [1.54, 1.807) is 13.8 Å². The summed E-state index contributed by atoms with van der Waals surface area (Å²) >= 11 is 0. The number of nitrogens with one attached hydrogen (secondary N) is 1. The molecule has 2 N–H and O–H groups in total. The fourth-order valence-corrected chi connectivity index (χ4v) is 2.08. The van der Waals surface area contributed by atoms with E-state index < -0.39 is 11.5 Å². The molecule has 5 heteroatoms. The van der Waals surface area contributed by atoms with Crippen LogP contribution in [0.5, 0.6) is 5.75 Å². The van der Waals surface area contributed by atoms with E-state index >= 15 is 0 Å². The van der Waals surface area contributed by atoms with Gasteiger partial charge < -0.3 is 15.2 Å². The Balaban J connectivity index is 2.48. The lowest BCUT2D eigenvalue weighted by molar-refractivity contribution is -0.148. The summed E-state index contributed by atoms with van der Waals surface area (Å²) in [6.45, 7) is 5.68. The molecule has 0 saturated heterocycles. The molecular formula is C16H23NO4. The maximum absolute atomic E-state index is 11.9. The fourth-order valence-electron chi connectivity index (χ4n) is 2.08.